The second-order valence-corrected chi connectivity index (χ2v) is 18.7. The first-order valence-electron chi connectivity index (χ1n) is 17.6. The standard InChI is InChI=1S/C48H33NOS2/c1-52(2)44-26-25-37-36-15-6-8-20-43(36)51-48(37)47(44)39-24-23-35(29-45(39)52)49(40-17-10-19-42-46(40)38-16-5-7-18-41(38)50-42)34-14-9-13-32(28-34)33-22-21-30-11-3-4-12-31(30)27-33/h3-29H,1-2H3. The smallest absolute Gasteiger partial charge is 0.137 e. The molecule has 0 saturated heterocycles. The van der Waals surface area contributed by atoms with E-state index >= 15 is 0 Å². The van der Waals surface area contributed by atoms with E-state index in [1.807, 2.05) is 17.4 Å². The SMILES string of the molecule is CS1(C)c2cc(N(c3cccc(-c4ccc5ccccc5c4)c3)c3cccc4oc5ccccc5c34)ccc2-c2c1ccc1c2sc2ccccc21. The molecule has 10 aromatic rings. The first kappa shape index (κ1) is 29.9. The fourth-order valence-electron chi connectivity index (χ4n) is 8.41. The van der Waals surface area contributed by atoms with Crippen LogP contribution in [0.4, 0.5) is 17.1 Å². The molecule has 2 aromatic heterocycles. The molecule has 3 heterocycles. The first-order chi connectivity index (χ1) is 25.5. The van der Waals surface area contributed by atoms with Crippen LogP contribution in [0.25, 0.3) is 75.1 Å². The Balaban J connectivity index is 1.15. The minimum Gasteiger partial charge on any atom is -0.456 e. The van der Waals surface area contributed by atoms with Crippen molar-refractivity contribution < 1.29 is 4.42 Å². The van der Waals surface area contributed by atoms with Crippen molar-refractivity contribution in [1.29, 1.82) is 0 Å². The van der Waals surface area contributed by atoms with Crippen LogP contribution in [0.2, 0.25) is 0 Å². The molecular weight excluding hydrogens is 671 g/mol. The maximum atomic E-state index is 6.44. The summed E-state index contributed by atoms with van der Waals surface area (Å²) in [6.07, 6.45) is 4.94. The van der Waals surface area contributed by atoms with Crippen LogP contribution in [-0.2, 0) is 0 Å². The average molecular weight is 704 g/mol. The number of benzene rings is 8. The fourth-order valence-corrected chi connectivity index (χ4v) is 12.2. The van der Waals surface area contributed by atoms with Crippen molar-refractivity contribution >= 4 is 91.3 Å². The Morgan fingerprint density at radius 1 is 0.519 bits per heavy atom. The Labute approximate surface area is 307 Å². The normalized spacial score (nSPS) is 14.0. The maximum Gasteiger partial charge on any atom is 0.137 e. The number of hydrogen-bond acceptors (Lipinski definition) is 3. The minimum absolute atomic E-state index is 0.890. The number of thiophene rings is 1. The van der Waals surface area contributed by atoms with E-state index in [-0.39, 0.29) is 0 Å². The summed E-state index contributed by atoms with van der Waals surface area (Å²) in [5, 5.41) is 7.44. The largest absolute Gasteiger partial charge is 0.456 e. The summed E-state index contributed by atoms with van der Waals surface area (Å²) in [6.45, 7) is 0. The van der Waals surface area contributed by atoms with Crippen LogP contribution in [0, 0.1) is 0 Å². The molecule has 0 atom stereocenters. The summed E-state index contributed by atoms with van der Waals surface area (Å²) >= 11 is 1.93. The van der Waals surface area contributed by atoms with Gasteiger partial charge in [0.15, 0.2) is 0 Å². The van der Waals surface area contributed by atoms with Gasteiger partial charge in [0.25, 0.3) is 0 Å². The lowest BCUT2D eigenvalue weighted by Crippen LogP contribution is -2.11. The van der Waals surface area contributed by atoms with E-state index in [2.05, 4.69) is 175 Å². The number of anilines is 3. The van der Waals surface area contributed by atoms with Crippen molar-refractivity contribution in [1.82, 2.24) is 0 Å². The molecule has 11 rings (SSSR count). The van der Waals surface area contributed by atoms with Gasteiger partial charge in [-0.1, -0.05) is 103 Å². The van der Waals surface area contributed by atoms with E-state index in [0.717, 1.165) is 39.0 Å². The maximum absolute atomic E-state index is 6.44. The van der Waals surface area contributed by atoms with E-state index in [0.29, 0.717) is 0 Å². The molecule has 0 amide bonds. The monoisotopic (exact) mass is 703 g/mol. The van der Waals surface area contributed by atoms with E-state index in [1.165, 1.54) is 63.0 Å². The van der Waals surface area contributed by atoms with Gasteiger partial charge in [-0.15, -0.1) is 11.3 Å². The zero-order chi connectivity index (χ0) is 34.6. The number of nitrogens with zero attached hydrogens (tertiary/aromatic N) is 1. The fraction of sp³-hybridized carbons (Fsp3) is 0.0417. The summed E-state index contributed by atoms with van der Waals surface area (Å²) in [5.74, 6) is 0. The topological polar surface area (TPSA) is 16.4 Å². The minimum atomic E-state index is -1.29. The summed E-state index contributed by atoms with van der Waals surface area (Å²) < 4.78 is 9.19. The molecule has 0 radical (unpaired) electrons. The summed E-state index contributed by atoms with van der Waals surface area (Å²) in [6, 6.07) is 60.0. The van der Waals surface area contributed by atoms with Crippen LogP contribution < -0.4 is 4.90 Å². The quantitative estimate of drug-likeness (QED) is 0.181. The third kappa shape index (κ3) is 4.32. The van der Waals surface area contributed by atoms with Crippen LogP contribution >= 0.6 is 21.4 Å². The van der Waals surface area contributed by atoms with E-state index in [9.17, 15) is 0 Å². The van der Waals surface area contributed by atoms with Gasteiger partial charge in [0.05, 0.1) is 11.1 Å². The third-order valence-electron chi connectivity index (χ3n) is 10.9. The predicted octanol–water partition coefficient (Wildman–Crippen LogP) is 14.7. The molecule has 0 bridgehead atoms. The molecule has 8 aromatic carbocycles. The molecule has 0 saturated carbocycles. The molecule has 0 unspecified atom stereocenters. The second kappa shape index (κ2) is 11.1. The molecule has 4 heteroatoms. The lowest BCUT2D eigenvalue weighted by atomic mass is 9.99. The number of fused-ring (bicyclic) bond motifs is 11. The highest BCUT2D eigenvalue weighted by Crippen LogP contribution is 2.69. The van der Waals surface area contributed by atoms with E-state index in [1.54, 1.807) is 0 Å². The number of para-hydroxylation sites is 1. The van der Waals surface area contributed by atoms with Crippen molar-refractivity contribution in [2.75, 3.05) is 17.4 Å². The van der Waals surface area contributed by atoms with Crippen molar-refractivity contribution in [3.05, 3.63) is 164 Å². The highest BCUT2D eigenvalue weighted by atomic mass is 32.3. The lowest BCUT2D eigenvalue weighted by Gasteiger charge is -2.31. The molecule has 248 valence electrons. The molecule has 1 aliphatic heterocycles. The van der Waals surface area contributed by atoms with E-state index < -0.39 is 10.0 Å². The highest BCUT2D eigenvalue weighted by molar-refractivity contribution is 8.33. The van der Waals surface area contributed by atoms with Gasteiger partial charge >= 0.3 is 0 Å². The van der Waals surface area contributed by atoms with Gasteiger partial charge in [-0.05, 0) is 101 Å². The Kier molecular flexibility index (Phi) is 6.37. The van der Waals surface area contributed by atoms with Crippen LogP contribution in [0.1, 0.15) is 0 Å². The highest BCUT2D eigenvalue weighted by Gasteiger charge is 2.35. The van der Waals surface area contributed by atoms with E-state index in [4.69, 9.17) is 4.42 Å². The molecule has 0 fully saturated rings. The number of rotatable bonds is 4. The van der Waals surface area contributed by atoms with Gasteiger partial charge in [0.2, 0.25) is 0 Å². The third-order valence-corrected chi connectivity index (χ3v) is 15.0. The Bertz CT molecular complexity index is 3080. The number of hydrogen-bond donors (Lipinski definition) is 0. The van der Waals surface area contributed by atoms with Gasteiger partial charge in [-0.3, -0.25) is 0 Å². The Morgan fingerprint density at radius 3 is 2.19 bits per heavy atom. The summed E-state index contributed by atoms with van der Waals surface area (Å²) in [5.41, 5.74) is 10.3. The first-order valence-corrected chi connectivity index (χ1v) is 20.9. The molecule has 1 aliphatic rings. The zero-order valence-corrected chi connectivity index (χ0v) is 30.4. The van der Waals surface area contributed by atoms with Crippen molar-refractivity contribution in [2.24, 2.45) is 0 Å². The van der Waals surface area contributed by atoms with Crippen molar-refractivity contribution in [3.8, 4) is 22.3 Å². The molecule has 0 spiro atoms. The van der Waals surface area contributed by atoms with Crippen LogP contribution in [0.3, 0.4) is 0 Å². The van der Waals surface area contributed by atoms with Gasteiger partial charge < -0.3 is 9.32 Å². The van der Waals surface area contributed by atoms with Gasteiger partial charge in [-0.25, -0.2) is 0 Å². The van der Waals surface area contributed by atoms with Crippen LogP contribution in [-0.4, -0.2) is 12.5 Å². The predicted molar refractivity (Wildman–Crippen MR) is 226 cm³/mol. The van der Waals surface area contributed by atoms with Crippen molar-refractivity contribution in [3.63, 3.8) is 0 Å². The number of furan rings is 1. The van der Waals surface area contributed by atoms with Crippen molar-refractivity contribution in [2.45, 2.75) is 9.79 Å². The second-order valence-electron chi connectivity index (χ2n) is 14.1. The molecule has 2 nitrogen and oxygen atoms in total. The van der Waals surface area contributed by atoms with Gasteiger partial charge in [0, 0.05) is 52.3 Å². The van der Waals surface area contributed by atoms with Gasteiger partial charge in [-0.2, -0.15) is 10.0 Å². The van der Waals surface area contributed by atoms with Gasteiger partial charge in [0.1, 0.15) is 11.2 Å². The molecular formula is C48H33NOS2. The zero-order valence-electron chi connectivity index (χ0n) is 28.8. The summed E-state index contributed by atoms with van der Waals surface area (Å²) in [4.78, 5) is 5.36. The van der Waals surface area contributed by atoms with Crippen LogP contribution in [0.5, 0.6) is 0 Å². The molecule has 52 heavy (non-hydrogen) atoms. The molecule has 0 aliphatic carbocycles. The molecule has 0 N–H and O–H groups in total. The Hall–Kier alpha value is -5.81. The average Bonchev–Trinajstić information content (AvgIpc) is 3.83. The lowest BCUT2D eigenvalue weighted by molar-refractivity contribution is 0.669. The summed E-state index contributed by atoms with van der Waals surface area (Å²) in [7, 11) is -1.29. The Morgan fingerprint density at radius 2 is 1.27 bits per heavy atom. The van der Waals surface area contributed by atoms with Crippen LogP contribution in [0.15, 0.2) is 178 Å².